The van der Waals surface area contributed by atoms with Crippen molar-refractivity contribution in [1.29, 1.82) is 0 Å². The smallest absolute Gasteiger partial charge is 0.255 e. The maximum absolute atomic E-state index is 12.8. The van der Waals surface area contributed by atoms with E-state index < -0.39 is 0 Å². The van der Waals surface area contributed by atoms with Gasteiger partial charge in [-0.1, -0.05) is 41.0 Å². The minimum absolute atomic E-state index is 0.0321. The van der Waals surface area contributed by atoms with Crippen molar-refractivity contribution in [3.8, 4) is 11.4 Å². The fraction of sp³-hybridized carbons (Fsp3) is 0.333. The molecule has 0 N–H and O–H groups in total. The SMILES string of the molecule is CC(C)n1ncc2ccc(-c3noc(C4CCN(C(=O)c5ccccc5Cl)CC4)n3)cc21. The van der Waals surface area contributed by atoms with Crippen LogP contribution < -0.4 is 0 Å². The van der Waals surface area contributed by atoms with Crippen LogP contribution in [0.5, 0.6) is 0 Å². The van der Waals surface area contributed by atoms with Crippen molar-refractivity contribution >= 4 is 28.4 Å². The predicted octanol–water partition coefficient (Wildman–Crippen LogP) is 5.34. The highest BCUT2D eigenvalue weighted by Gasteiger charge is 2.29. The van der Waals surface area contributed by atoms with Crippen LogP contribution in [0.15, 0.2) is 53.2 Å². The summed E-state index contributed by atoms with van der Waals surface area (Å²) in [7, 11) is 0. The van der Waals surface area contributed by atoms with Gasteiger partial charge in [0.1, 0.15) is 0 Å². The number of fused-ring (bicyclic) bond motifs is 1. The van der Waals surface area contributed by atoms with Crippen LogP contribution in [-0.4, -0.2) is 43.8 Å². The number of likely N-dealkylation sites (tertiary alicyclic amines) is 1. The molecule has 0 unspecified atom stereocenters. The third-order valence-electron chi connectivity index (χ3n) is 6.02. The monoisotopic (exact) mass is 449 g/mol. The standard InChI is InChI=1S/C24H24ClN5O2/c1-15(2)30-21-13-17(7-8-18(21)14-26-30)22-27-23(32-28-22)16-9-11-29(12-10-16)24(31)19-5-3-4-6-20(19)25/h3-8,13-16H,9-12H2,1-2H3. The summed E-state index contributed by atoms with van der Waals surface area (Å²) < 4.78 is 7.61. The van der Waals surface area contributed by atoms with E-state index in [1.807, 2.05) is 40.0 Å². The van der Waals surface area contributed by atoms with Crippen LogP contribution in [0, 0.1) is 0 Å². The number of halogens is 1. The van der Waals surface area contributed by atoms with Gasteiger partial charge in [0.25, 0.3) is 5.91 Å². The molecule has 2 aromatic heterocycles. The van der Waals surface area contributed by atoms with E-state index in [-0.39, 0.29) is 17.9 Å². The summed E-state index contributed by atoms with van der Waals surface area (Å²) >= 11 is 6.19. The van der Waals surface area contributed by atoms with Gasteiger partial charge in [0.2, 0.25) is 11.7 Å². The zero-order chi connectivity index (χ0) is 22.2. The number of hydrogen-bond donors (Lipinski definition) is 0. The van der Waals surface area contributed by atoms with Crippen LogP contribution in [0.4, 0.5) is 0 Å². The summed E-state index contributed by atoms with van der Waals surface area (Å²) in [5.74, 6) is 1.31. The van der Waals surface area contributed by atoms with Gasteiger partial charge in [-0.3, -0.25) is 9.48 Å². The van der Waals surface area contributed by atoms with Crippen molar-refractivity contribution in [2.45, 2.75) is 38.6 Å². The Morgan fingerprint density at radius 2 is 1.94 bits per heavy atom. The fourth-order valence-electron chi connectivity index (χ4n) is 4.24. The molecule has 1 amide bonds. The first kappa shape index (κ1) is 20.7. The lowest BCUT2D eigenvalue weighted by Crippen LogP contribution is -2.38. The van der Waals surface area contributed by atoms with Crippen molar-refractivity contribution in [2.75, 3.05) is 13.1 Å². The molecule has 0 saturated carbocycles. The molecule has 0 atom stereocenters. The third-order valence-corrected chi connectivity index (χ3v) is 6.35. The maximum Gasteiger partial charge on any atom is 0.255 e. The van der Waals surface area contributed by atoms with Gasteiger partial charge in [0.05, 0.1) is 22.3 Å². The number of piperidine rings is 1. The number of benzene rings is 2. The van der Waals surface area contributed by atoms with Gasteiger partial charge in [0.15, 0.2) is 0 Å². The van der Waals surface area contributed by atoms with Crippen LogP contribution in [0.2, 0.25) is 5.02 Å². The quantitative estimate of drug-likeness (QED) is 0.420. The van der Waals surface area contributed by atoms with E-state index in [1.54, 1.807) is 12.1 Å². The molecule has 8 heteroatoms. The zero-order valence-electron chi connectivity index (χ0n) is 18.0. The lowest BCUT2D eigenvalue weighted by Gasteiger charge is -2.30. The molecule has 3 heterocycles. The van der Waals surface area contributed by atoms with E-state index in [0.29, 0.717) is 35.4 Å². The minimum atomic E-state index is -0.0321. The molecule has 5 rings (SSSR count). The molecular formula is C24H24ClN5O2. The second-order valence-electron chi connectivity index (χ2n) is 8.46. The number of carbonyl (C=O) groups is 1. The highest BCUT2D eigenvalue weighted by molar-refractivity contribution is 6.33. The van der Waals surface area contributed by atoms with E-state index in [1.165, 1.54) is 0 Å². The van der Waals surface area contributed by atoms with Gasteiger partial charge in [-0.15, -0.1) is 0 Å². The normalized spacial score (nSPS) is 15.1. The summed E-state index contributed by atoms with van der Waals surface area (Å²) in [6.45, 7) is 5.47. The van der Waals surface area contributed by atoms with Gasteiger partial charge >= 0.3 is 0 Å². The number of amides is 1. The highest BCUT2D eigenvalue weighted by Crippen LogP contribution is 2.31. The molecule has 0 bridgehead atoms. The fourth-order valence-corrected chi connectivity index (χ4v) is 4.46. The van der Waals surface area contributed by atoms with Gasteiger partial charge in [0, 0.05) is 36.0 Å². The summed E-state index contributed by atoms with van der Waals surface area (Å²) in [6.07, 6.45) is 3.42. The Balaban J connectivity index is 1.30. The summed E-state index contributed by atoms with van der Waals surface area (Å²) in [4.78, 5) is 19.3. The maximum atomic E-state index is 12.8. The first-order valence-electron chi connectivity index (χ1n) is 10.9. The number of rotatable bonds is 4. The lowest BCUT2D eigenvalue weighted by molar-refractivity contribution is 0.0704. The van der Waals surface area contributed by atoms with E-state index in [4.69, 9.17) is 16.1 Å². The Kier molecular flexibility index (Phi) is 5.43. The van der Waals surface area contributed by atoms with Crippen LogP contribution in [0.3, 0.4) is 0 Å². The van der Waals surface area contributed by atoms with Gasteiger partial charge < -0.3 is 9.42 Å². The molecule has 1 aliphatic rings. The third kappa shape index (κ3) is 3.77. The Morgan fingerprint density at radius 3 is 2.69 bits per heavy atom. The van der Waals surface area contributed by atoms with Crippen LogP contribution >= 0.6 is 11.6 Å². The zero-order valence-corrected chi connectivity index (χ0v) is 18.8. The lowest BCUT2D eigenvalue weighted by atomic mass is 9.96. The second-order valence-corrected chi connectivity index (χ2v) is 8.87. The van der Waals surface area contributed by atoms with Crippen molar-refractivity contribution in [2.24, 2.45) is 0 Å². The van der Waals surface area contributed by atoms with Gasteiger partial charge in [-0.05, 0) is 44.9 Å². The number of nitrogens with zero attached hydrogens (tertiary/aromatic N) is 5. The number of aromatic nitrogens is 4. The first-order valence-corrected chi connectivity index (χ1v) is 11.2. The van der Waals surface area contributed by atoms with Crippen LogP contribution in [0.1, 0.15) is 54.9 Å². The largest absolute Gasteiger partial charge is 0.339 e. The Labute approximate surface area is 191 Å². The van der Waals surface area contributed by atoms with E-state index in [9.17, 15) is 4.79 Å². The molecular weight excluding hydrogens is 426 g/mol. The first-order chi connectivity index (χ1) is 15.5. The van der Waals surface area contributed by atoms with Crippen LogP contribution in [-0.2, 0) is 0 Å². The van der Waals surface area contributed by atoms with Crippen molar-refractivity contribution in [1.82, 2.24) is 24.8 Å². The average Bonchev–Trinajstić information content (AvgIpc) is 3.46. The summed E-state index contributed by atoms with van der Waals surface area (Å²) in [6, 6.07) is 13.5. The Hall–Kier alpha value is -3.19. The Morgan fingerprint density at radius 1 is 1.16 bits per heavy atom. The average molecular weight is 450 g/mol. The molecule has 7 nitrogen and oxygen atoms in total. The van der Waals surface area contributed by atoms with Crippen LogP contribution in [0.25, 0.3) is 22.3 Å². The summed E-state index contributed by atoms with van der Waals surface area (Å²) in [5.41, 5.74) is 2.50. The minimum Gasteiger partial charge on any atom is -0.339 e. The van der Waals surface area contributed by atoms with Crippen molar-refractivity contribution < 1.29 is 9.32 Å². The van der Waals surface area contributed by atoms with E-state index in [0.717, 1.165) is 29.3 Å². The predicted molar refractivity (Wildman–Crippen MR) is 123 cm³/mol. The molecule has 0 spiro atoms. The molecule has 0 aliphatic carbocycles. The molecule has 1 fully saturated rings. The van der Waals surface area contributed by atoms with Crippen molar-refractivity contribution in [3.05, 3.63) is 65.1 Å². The number of carbonyl (C=O) groups excluding carboxylic acids is 1. The molecule has 2 aromatic carbocycles. The molecule has 1 aliphatic heterocycles. The van der Waals surface area contributed by atoms with E-state index >= 15 is 0 Å². The molecule has 0 radical (unpaired) electrons. The number of hydrogen-bond acceptors (Lipinski definition) is 5. The van der Waals surface area contributed by atoms with E-state index in [2.05, 4.69) is 35.2 Å². The van der Waals surface area contributed by atoms with Crippen molar-refractivity contribution in [3.63, 3.8) is 0 Å². The van der Waals surface area contributed by atoms with Gasteiger partial charge in [-0.25, -0.2) is 0 Å². The highest BCUT2D eigenvalue weighted by atomic mass is 35.5. The molecule has 164 valence electrons. The summed E-state index contributed by atoms with van der Waals surface area (Å²) in [5, 5.41) is 10.3. The van der Waals surface area contributed by atoms with Gasteiger partial charge in [-0.2, -0.15) is 10.1 Å². The molecule has 32 heavy (non-hydrogen) atoms. The molecule has 4 aromatic rings. The topological polar surface area (TPSA) is 77.0 Å². The Bertz CT molecular complexity index is 1270. The second kappa shape index (κ2) is 8.39. The molecule has 1 saturated heterocycles.